The number of halogens is 1. The number of carbonyl (C=O) groups excluding carboxylic acids is 1. The molecule has 0 saturated carbocycles. The average Bonchev–Trinajstić information content (AvgIpc) is 3.07. The lowest BCUT2D eigenvalue weighted by Gasteiger charge is -2.14. The normalized spacial score (nSPS) is 10.8. The summed E-state index contributed by atoms with van der Waals surface area (Å²) in [4.78, 5) is 13.1. The third kappa shape index (κ3) is 4.35. The minimum Gasteiger partial charge on any atom is -0.462 e. The van der Waals surface area contributed by atoms with Gasteiger partial charge in [-0.2, -0.15) is 0 Å². The Morgan fingerprint density at radius 3 is 2.13 bits per heavy atom. The van der Waals surface area contributed by atoms with Gasteiger partial charge in [-0.05, 0) is 49.2 Å². The molecule has 0 atom stereocenters. The van der Waals surface area contributed by atoms with Gasteiger partial charge in [0.15, 0.2) is 0 Å². The first-order valence-corrected chi connectivity index (χ1v) is 11.2. The average molecular weight is 474 g/mol. The van der Waals surface area contributed by atoms with Crippen LogP contribution in [0.3, 0.4) is 0 Å². The summed E-state index contributed by atoms with van der Waals surface area (Å²) in [6.45, 7) is 4.17. The minimum absolute atomic E-state index is 0.288. The predicted octanol–water partition coefficient (Wildman–Crippen LogP) is 6.98. The molecule has 156 valence electrons. The van der Waals surface area contributed by atoms with E-state index in [-0.39, 0.29) is 5.97 Å². The van der Waals surface area contributed by atoms with Crippen LogP contribution in [0.5, 0.6) is 0 Å². The van der Waals surface area contributed by atoms with Crippen LogP contribution in [0.25, 0.3) is 16.8 Å². The smallest absolute Gasteiger partial charge is 0.340 e. The molecule has 0 unspecified atom stereocenters. The van der Waals surface area contributed by atoms with Crippen LogP contribution < -0.4 is 0 Å². The number of carbonyl (C=O) groups is 1. The van der Waals surface area contributed by atoms with Crippen molar-refractivity contribution in [1.29, 1.82) is 0 Å². The summed E-state index contributed by atoms with van der Waals surface area (Å²) in [7, 11) is 0. The molecule has 0 spiro atoms. The van der Waals surface area contributed by atoms with Crippen molar-refractivity contribution < 1.29 is 9.53 Å². The van der Waals surface area contributed by atoms with Crippen molar-refractivity contribution in [3.63, 3.8) is 0 Å². The first kappa shape index (κ1) is 21.1. The predicted molar refractivity (Wildman–Crippen MR) is 129 cm³/mol. The second-order valence-electron chi connectivity index (χ2n) is 7.34. The van der Waals surface area contributed by atoms with Gasteiger partial charge in [0.1, 0.15) is 0 Å². The highest BCUT2D eigenvalue weighted by atomic mass is 79.9. The molecule has 31 heavy (non-hydrogen) atoms. The number of aromatic nitrogens is 1. The van der Waals surface area contributed by atoms with Gasteiger partial charge in [0.2, 0.25) is 0 Å². The largest absolute Gasteiger partial charge is 0.462 e. The monoisotopic (exact) mass is 473 g/mol. The van der Waals surface area contributed by atoms with E-state index < -0.39 is 0 Å². The zero-order chi connectivity index (χ0) is 21.8. The Balaban J connectivity index is 2.03. The molecule has 4 heteroatoms. The van der Waals surface area contributed by atoms with E-state index in [9.17, 15) is 4.79 Å². The topological polar surface area (TPSA) is 31.2 Å². The molecule has 0 fully saturated rings. The molecule has 0 bridgehead atoms. The number of esters is 1. The molecule has 0 N–H and O–H groups in total. The van der Waals surface area contributed by atoms with Gasteiger partial charge in [0, 0.05) is 33.5 Å². The molecule has 1 aromatic heterocycles. The van der Waals surface area contributed by atoms with Crippen molar-refractivity contribution in [2.24, 2.45) is 0 Å². The fraction of sp³-hybridized carbons (Fsp3) is 0.148. The summed E-state index contributed by atoms with van der Waals surface area (Å²) in [6, 6.07) is 28.6. The van der Waals surface area contributed by atoms with E-state index >= 15 is 0 Å². The maximum atomic E-state index is 13.1. The molecule has 0 radical (unpaired) electrons. The summed E-state index contributed by atoms with van der Waals surface area (Å²) < 4.78 is 8.69. The number of hydrogen-bond acceptors (Lipinski definition) is 2. The molecule has 3 nitrogen and oxygen atoms in total. The van der Waals surface area contributed by atoms with Crippen LogP contribution in [0.4, 0.5) is 0 Å². The molecule has 0 amide bonds. The van der Waals surface area contributed by atoms with Gasteiger partial charge in [-0.1, -0.05) is 76.6 Å². The van der Waals surface area contributed by atoms with E-state index in [2.05, 4.69) is 56.9 Å². The van der Waals surface area contributed by atoms with E-state index in [0.717, 1.165) is 32.7 Å². The molecule has 1 heterocycles. The maximum absolute atomic E-state index is 13.1. The van der Waals surface area contributed by atoms with Crippen LogP contribution in [-0.4, -0.2) is 17.1 Å². The molecule has 4 aromatic rings. The standard InChI is InChI=1S/C27H24BrNO2/c1-3-31-27(30)25-19(2)29(23-16-14-22(28)15-17-23)24(18-20-10-6-4-7-11-20)26(25)21-12-8-5-9-13-21/h4-17H,3,18H2,1-2H3. The lowest BCUT2D eigenvalue weighted by Crippen LogP contribution is -2.07. The summed E-state index contributed by atoms with van der Waals surface area (Å²) >= 11 is 3.53. The van der Waals surface area contributed by atoms with Crippen molar-refractivity contribution in [2.75, 3.05) is 6.61 Å². The van der Waals surface area contributed by atoms with Crippen molar-refractivity contribution in [2.45, 2.75) is 20.3 Å². The first-order chi connectivity index (χ1) is 15.1. The Bertz CT molecular complexity index is 1180. The van der Waals surface area contributed by atoms with Crippen molar-refractivity contribution in [1.82, 2.24) is 4.57 Å². The van der Waals surface area contributed by atoms with Gasteiger partial charge < -0.3 is 9.30 Å². The highest BCUT2D eigenvalue weighted by Gasteiger charge is 2.27. The van der Waals surface area contributed by atoms with Crippen LogP contribution in [0.15, 0.2) is 89.4 Å². The van der Waals surface area contributed by atoms with Crippen LogP contribution in [0.1, 0.15) is 34.2 Å². The number of hydrogen-bond donors (Lipinski definition) is 0. The molecule has 0 aliphatic rings. The Morgan fingerprint density at radius 2 is 1.52 bits per heavy atom. The highest BCUT2D eigenvalue weighted by molar-refractivity contribution is 9.10. The zero-order valence-corrected chi connectivity index (χ0v) is 19.2. The second kappa shape index (κ2) is 9.36. The molecule has 3 aromatic carbocycles. The molecule has 0 saturated heterocycles. The van der Waals surface area contributed by atoms with E-state index in [4.69, 9.17) is 4.74 Å². The second-order valence-corrected chi connectivity index (χ2v) is 8.26. The van der Waals surface area contributed by atoms with Gasteiger partial charge >= 0.3 is 5.97 Å². The van der Waals surface area contributed by atoms with Crippen molar-refractivity contribution in [3.8, 4) is 16.8 Å². The number of ether oxygens (including phenoxy) is 1. The van der Waals surface area contributed by atoms with Gasteiger partial charge in [-0.15, -0.1) is 0 Å². The Morgan fingerprint density at radius 1 is 0.903 bits per heavy atom. The van der Waals surface area contributed by atoms with Crippen LogP contribution in [-0.2, 0) is 11.2 Å². The Hall–Kier alpha value is -3.11. The van der Waals surface area contributed by atoms with Crippen LogP contribution in [0, 0.1) is 6.92 Å². The quantitative estimate of drug-likeness (QED) is 0.282. The Kier molecular flexibility index (Phi) is 6.38. The summed E-state index contributed by atoms with van der Waals surface area (Å²) in [5.41, 5.74) is 6.72. The highest BCUT2D eigenvalue weighted by Crippen LogP contribution is 2.37. The fourth-order valence-electron chi connectivity index (χ4n) is 4.02. The summed E-state index contributed by atoms with van der Waals surface area (Å²) in [5.74, 6) is -0.288. The van der Waals surface area contributed by atoms with E-state index in [0.29, 0.717) is 18.6 Å². The Labute approximate surface area is 191 Å². The first-order valence-electron chi connectivity index (χ1n) is 10.4. The van der Waals surface area contributed by atoms with Crippen LogP contribution >= 0.6 is 15.9 Å². The van der Waals surface area contributed by atoms with Gasteiger partial charge in [0.25, 0.3) is 0 Å². The number of nitrogens with zero attached hydrogens (tertiary/aromatic N) is 1. The van der Waals surface area contributed by atoms with Gasteiger partial charge in [0.05, 0.1) is 12.2 Å². The minimum atomic E-state index is -0.288. The van der Waals surface area contributed by atoms with Gasteiger partial charge in [-0.25, -0.2) is 4.79 Å². The number of benzene rings is 3. The fourth-order valence-corrected chi connectivity index (χ4v) is 4.28. The molecular formula is C27H24BrNO2. The molecule has 0 aliphatic heterocycles. The van der Waals surface area contributed by atoms with E-state index in [1.807, 2.05) is 62.4 Å². The van der Waals surface area contributed by atoms with Crippen molar-refractivity contribution in [3.05, 3.63) is 112 Å². The lowest BCUT2D eigenvalue weighted by molar-refractivity contribution is 0.0526. The SMILES string of the molecule is CCOC(=O)c1c(-c2ccccc2)c(Cc2ccccc2)n(-c2ccc(Br)cc2)c1C. The molecular weight excluding hydrogens is 450 g/mol. The van der Waals surface area contributed by atoms with Gasteiger partial charge in [-0.3, -0.25) is 0 Å². The van der Waals surface area contributed by atoms with E-state index in [1.54, 1.807) is 0 Å². The van der Waals surface area contributed by atoms with Crippen LogP contribution in [0.2, 0.25) is 0 Å². The van der Waals surface area contributed by atoms with E-state index in [1.165, 1.54) is 5.56 Å². The summed E-state index contributed by atoms with van der Waals surface area (Å²) in [6.07, 6.45) is 0.696. The maximum Gasteiger partial charge on any atom is 0.340 e. The van der Waals surface area contributed by atoms with Crippen molar-refractivity contribution >= 4 is 21.9 Å². The molecule has 0 aliphatic carbocycles. The third-order valence-corrected chi connectivity index (χ3v) is 5.88. The lowest BCUT2D eigenvalue weighted by atomic mass is 9.97. The summed E-state index contributed by atoms with van der Waals surface area (Å²) in [5, 5.41) is 0. The molecule has 4 rings (SSSR count). The third-order valence-electron chi connectivity index (χ3n) is 5.35. The number of rotatable bonds is 6. The zero-order valence-electron chi connectivity index (χ0n) is 17.6.